The monoisotopic (exact) mass is 277 g/mol. The number of hydrogen-bond acceptors (Lipinski definition) is 6. The summed E-state index contributed by atoms with van der Waals surface area (Å²) in [5.41, 5.74) is 1.13. The molecule has 0 aliphatic carbocycles. The summed E-state index contributed by atoms with van der Waals surface area (Å²) >= 11 is 1.76. The summed E-state index contributed by atoms with van der Waals surface area (Å²) in [6.07, 6.45) is 4.31. The van der Waals surface area contributed by atoms with Crippen LogP contribution in [0.1, 0.15) is 15.6 Å². The molecule has 0 amide bonds. The van der Waals surface area contributed by atoms with Gasteiger partial charge in [-0.05, 0) is 13.8 Å². The fourth-order valence-corrected chi connectivity index (χ4v) is 2.65. The third-order valence-electron chi connectivity index (χ3n) is 2.81. The molecule has 2 rings (SSSR count). The first-order chi connectivity index (χ1) is 9.08. The van der Waals surface area contributed by atoms with E-state index in [1.165, 1.54) is 4.88 Å². The maximum atomic E-state index is 4.53. The molecule has 0 unspecified atom stereocenters. The minimum absolute atomic E-state index is 0.811. The zero-order valence-electron chi connectivity index (χ0n) is 11.8. The van der Waals surface area contributed by atoms with Crippen molar-refractivity contribution in [3.8, 4) is 0 Å². The molecule has 2 aromatic heterocycles. The van der Waals surface area contributed by atoms with Crippen molar-refractivity contribution in [3.05, 3.63) is 28.0 Å². The van der Waals surface area contributed by atoms with Gasteiger partial charge in [0.05, 0.1) is 10.7 Å². The van der Waals surface area contributed by atoms with Crippen molar-refractivity contribution in [2.24, 2.45) is 0 Å². The summed E-state index contributed by atoms with van der Waals surface area (Å²) in [5, 5.41) is 4.49. The van der Waals surface area contributed by atoms with Gasteiger partial charge in [0.15, 0.2) is 11.6 Å². The van der Waals surface area contributed by atoms with E-state index in [1.807, 2.05) is 19.0 Å². The lowest BCUT2D eigenvalue weighted by Crippen LogP contribution is -2.16. The van der Waals surface area contributed by atoms with E-state index in [2.05, 4.69) is 34.1 Å². The molecule has 0 saturated heterocycles. The minimum atomic E-state index is 0.811. The van der Waals surface area contributed by atoms with Crippen molar-refractivity contribution in [3.63, 3.8) is 0 Å². The van der Waals surface area contributed by atoms with E-state index < -0.39 is 0 Å². The van der Waals surface area contributed by atoms with Gasteiger partial charge >= 0.3 is 0 Å². The zero-order chi connectivity index (χ0) is 13.8. The van der Waals surface area contributed by atoms with Crippen LogP contribution in [0.5, 0.6) is 0 Å². The van der Waals surface area contributed by atoms with E-state index in [9.17, 15) is 0 Å². The molecule has 0 radical (unpaired) electrons. The third kappa shape index (κ3) is 3.41. The predicted molar refractivity (Wildman–Crippen MR) is 80.1 cm³/mol. The summed E-state index contributed by atoms with van der Waals surface area (Å²) in [6, 6.07) is 0. The topological polar surface area (TPSA) is 53.9 Å². The van der Waals surface area contributed by atoms with Gasteiger partial charge in [-0.25, -0.2) is 15.0 Å². The molecule has 1 N–H and O–H groups in total. The molecule has 0 aromatic carbocycles. The molecule has 102 valence electrons. The average molecular weight is 277 g/mol. The lowest BCUT2D eigenvalue weighted by molar-refractivity contribution is 0.961. The van der Waals surface area contributed by atoms with Crippen LogP contribution in [0.2, 0.25) is 0 Å². The Bertz CT molecular complexity index is 530. The molecular formula is C13H19N5S. The molecule has 0 saturated carbocycles. The van der Waals surface area contributed by atoms with Crippen molar-refractivity contribution in [2.75, 3.05) is 30.9 Å². The fraction of sp³-hybridized carbons (Fsp3) is 0.462. The molecule has 0 atom stereocenters. The summed E-state index contributed by atoms with van der Waals surface area (Å²) < 4.78 is 0. The highest BCUT2D eigenvalue weighted by Crippen LogP contribution is 2.19. The van der Waals surface area contributed by atoms with E-state index in [4.69, 9.17) is 0 Å². The first kappa shape index (κ1) is 13.7. The van der Waals surface area contributed by atoms with Gasteiger partial charge in [-0.3, -0.25) is 0 Å². The number of anilines is 2. The lowest BCUT2D eigenvalue weighted by atomic mass is 10.4. The molecular weight excluding hydrogens is 258 g/mol. The number of aryl methyl sites for hydroxylation is 2. The first-order valence-electron chi connectivity index (χ1n) is 6.23. The number of hydrogen-bond donors (Lipinski definition) is 1. The normalized spacial score (nSPS) is 10.5. The van der Waals surface area contributed by atoms with Crippen LogP contribution >= 0.6 is 11.3 Å². The van der Waals surface area contributed by atoms with Gasteiger partial charge in [-0.1, -0.05) is 0 Å². The molecule has 0 aliphatic heterocycles. The zero-order valence-corrected chi connectivity index (χ0v) is 12.6. The van der Waals surface area contributed by atoms with Gasteiger partial charge in [0.25, 0.3) is 0 Å². The van der Waals surface area contributed by atoms with Crippen LogP contribution in [-0.4, -0.2) is 35.6 Å². The van der Waals surface area contributed by atoms with Gasteiger partial charge in [0, 0.05) is 44.3 Å². The molecule has 2 heterocycles. The Labute approximate surface area is 117 Å². The smallest absolute Gasteiger partial charge is 0.171 e. The molecule has 6 heteroatoms. The Hall–Kier alpha value is -1.69. The van der Waals surface area contributed by atoms with Crippen molar-refractivity contribution < 1.29 is 0 Å². The molecule has 0 bridgehead atoms. The van der Waals surface area contributed by atoms with E-state index in [0.717, 1.165) is 35.3 Å². The van der Waals surface area contributed by atoms with Crippen molar-refractivity contribution in [1.29, 1.82) is 0 Å². The Morgan fingerprint density at radius 1 is 1.21 bits per heavy atom. The Kier molecular flexibility index (Phi) is 4.31. The van der Waals surface area contributed by atoms with E-state index in [-0.39, 0.29) is 0 Å². The van der Waals surface area contributed by atoms with Crippen LogP contribution in [-0.2, 0) is 6.42 Å². The van der Waals surface area contributed by atoms with Gasteiger partial charge in [-0.2, -0.15) is 0 Å². The largest absolute Gasteiger partial charge is 0.367 e. The number of aromatic nitrogens is 3. The average Bonchev–Trinajstić information content (AvgIpc) is 2.69. The van der Waals surface area contributed by atoms with E-state index in [1.54, 1.807) is 23.7 Å². The van der Waals surface area contributed by atoms with Crippen LogP contribution in [0.25, 0.3) is 0 Å². The minimum Gasteiger partial charge on any atom is -0.367 e. The van der Waals surface area contributed by atoms with Gasteiger partial charge in [0.2, 0.25) is 0 Å². The maximum Gasteiger partial charge on any atom is 0.171 e. The lowest BCUT2D eigenvalue weighted by Gasteiger charge is -2.15. The molecule has 2 aromatic rings. The molecule has 5 nitrogen and oxygen atoms in total. The van der Waals surface area contributed by atoms with Crippen molar-refractivity contribution >= 4 is 23.0 Å². The van der Waals surface area contributed by atoms with Crippen LogP contribution < -0.4 is 10.2 Å². The SMILES string of the molecule is Cc1nc(CCNc2nccnc2N(C)C)sc1C. The van der Waals surface area contributed by atoms with Crippen LogP contribution in [0, 0.1) is 13.8 Å². The second kappa shape index (κ2) is 5.97. The number of thiazole rings is 1. The first-order valence-corrected chi connectivity index (χ1v) is 7.04. The van der Waals surface area contributed by atoms with Crippen molar-refractivity contribution in [1.82, 2.24) is 15.0 Å². The highest BCUT2D eigenvalue weighted by Gasteiger charge is 2.07. The quantitative estimate of drug-likeness (QED) is 0.908. The van der Waals surface area contributed by atoms with Gasteiger partial charge in [0.1, 0.15) is 0 Å². The standard InChI is InChI=1S/C13H19N5S/c1-9-10(2)19-11(17-9)5-6-14-12-13(18(3)4)16-8-7-15-12/h7-8H,5-6H2,1-4H3,(H,14,15). The Morgan fingerprint density at radius 2 is 1.95 bits per heavy atom. The Balaban J connectivity index is 1.96. The summed E-state index contributed by atoms with van der Waals surface area (Å²) in [7, 11) is 3.92. The van der Waals surface area contributed by atoms with Gasteiger partial charge in [-0.15, -0.1) is 11.3 Å². The summed E-state index contributed by atoms with van der Waals surface area (Å²) in [6.45, 7) is 4.97. The summed E-state index contributed by atoms with van der Waals surface area (Å²) in [4.78, 5) is 16.4. The second-order valence-corrected chi connectivity index (χ2v) is 5.84. The fourth-order valence-electron chi connectivity index (χ4n) is 1.72. The third-order valence-corrected chi connectivity index (χ3v) is 3.94. The highest BCUT2D eigenvalue weighted by atomic mass is 32.1. The van der Waals surface area contributed by atoms with Crippen LogP contribution in [0.3, 0.4) is 0 Å². The van der Waals surface area contributed by atoms with Crippen molar-refractivity contribution in [2.45, 2.75) is 20.3 Å². The van der Waals surface area contributed by atoms with Crippen LogP contribution in [0.15, 0.2) is 12.4 Å². The summed E-state index contributed by atoms with van der Waals surface area (Å²) in [5.74, 6) is 1.67. The van der Waals surface area contributed by atoms with E-state index in [0.29, 0.717) is 0 Å². The predicted octanol–water partition coefficient (Wildman–Crippen LogP) is 2.27. The second-order valence-electron chi connectivity index (χ2n) is 4.55. The number of nitrogens with zero attached hydrogens (tertiary/aromatic N) is 4. The van der Waals surface area contributed by atoms with E-state index >= 15 is 0 Å². The van der Waals surface area contributed by atoms with Crippen LogP contribution in [0.4, 0.5) is 11.6 Å². The number of rotatable bonds is 5. The number of nitrogens with one attached hydrogen (secondary N) is 1. The molecule has 19 heavy (non-hydrogen) atoms. The molecule has 0 spiro atoms. The molecule has 0 fully saturated rings. The molecule has 0 aliphatic rings. The Morgan fingerprint density at radius 3 is 2.58 bits per heavy atom. The van der Waals surface area contributed by atoms with Gasteiger partial charge < -0.3 is 10.2 Å². The highest BCUT2D eigenvalue weighted by molar-refractivity contribution is 7.11. The maximum absolute atomic E-state index is 4.53.